The quantitative estimate of drug-likeness (QED) is 0.0922. The molecule has 2 heterocycles. The molecule has 0 aromatic carbocycles. The first-order chi connectivity index (χ1) is 19.4. The Morgan fingerprint density at radius 2 is 1.11 bits per heavy atom. The van der Waals surface area contributed by atoms with Crippen LogP contribution in [0, 0.1) is 13.8 Å². The van der Waals surface area contributed by atoms with Crippen molar-refractivity contribution in [2.45, 2.75) is 66.6 Å². The number of imidazole rings is 2. The van der Waals surface area contributed by atoms with E-state index < -0.39 is 25.7 Å². The lowest BCUT2D eigenvalue weighted by Gasteiger charge is -2.19. The van der Waals surface area contributed by atoms with Gasteiger partial charge in [0.25, 0.3) is 5.82 Å². The SMILES string of the molecule is C[O+](C)C.Cc1n(C(=O)OC(C)(C)C)cc[n+]1C.Cc1nccn1C(=O)OC(C)(C)C.ClCCl.F[B-](F)(F)F.F[B-](F)(F)F. The molecule has 2 aromatic rings. The zero-order chi connectivity index (χ0) is 36.3. The van der Waals surface area contributed by atoms with Crippen LogP contribution in [0.2, 0.25) is 0 Å². The number of nitrogens with zero attached hydrogens (tertiary/aromatic N) is 4. The summed E-state index contributed by atoms with van der Waals surface area (Å²) in [4.78, 5) is 27.0. The van der Waals surface area contributed by atoms with E-state index in [1.54, 1.807) is 25.5 Å². The molecule has 0 aliphatic rings. The van der Waals surface area contributed by atoms with Crippen molar-refractivity contribution in [3.8, 4) is 0 Å². The van der Waals surface area contributed by atoms with Gasteiger partial charge in [0.05, 0.1) is 12.4 Å². The van der Waals surface area contributed by atoms with Gasteiger partial charge in [-0.2, -0.15) is 4.79 Å². The molecule has 9 nitrogen and oxygen atoms in total. The second-order valence-electron chi connectivity index (χ2n) is 10.4. The van der Waals surface area contributed by atoms with Crippen molar-refractivity contribution < 1.29 is 62.5 Å². The van der Waals surface area contributed by atoms with Crippen molar-refractivity contribution in [1.29, 1.82) is 0 Å². The Labute approximate surface area is 263 Å². The monoisotopic (exact) mass is 698 g/mol. The van der Waals surface area contributed by atoms with Crippen LogP contribution in [0.1, 0.15) is 53.2 Å². The van der Waals surface area contributed by atoms with Crippen LogP contribution in [0.3, 0.4) is 0 Å². The fourth-order valence-electron chi connectivity index (χ4n) is 1.94. The summed E-state index contributed by atoms with van der Waals surface area (Å²) < 4.78 is 95.7. The summed E-state index contributed by atoms with van der Waals surface area (Å²) in [5, 5.41) is 0.194. The molecule has 21 heteroatoms. The maximum Gasteiger partial charge on any atom is 0.673 e. The lowest BCUT2D eigenvalue weighted by Crippen LogP contribution is -2.33. The summed E-state index contributed by atoms with van der Waals surface area (Å²) in [7, 11) is -4.36. The molecule has 0 saturated heterocycles. The predicted octanol–water partition coefficient (Wildman–Crippen LogP) is 7.83. The van der Waals surface area contributed by atoms with E-state index in [2.05, 4.69) is 9.35 Å². The van der Waals surface area contributed by atoms with Crippen molar-refractivity contribution in [2.75, 3.05) is 26.7 Å². The largest absolute Gasteiger partial charge is 0.673 e. The highest BCUT2D eigenvalue weighted by Crippen LogP contribution is 2.10. The Bertz CT molecular complexity index is 1050. The van der Waals surface area contributed by atoms with Gasteiger partial charge < -0.3 is 48.4 Å². The van der Waals surface area contributed by atoms with Crippen LogP contribution in [-0.2, 0) is 20.9 Å². The molecule has 2 rings (SSSR count). The van der Waals surface area contributed by atoms with Gasteiger partial charge in [-0.1, -0.05) is 0 Å². The van der Waals surface area contributed by atoms with Gasteiger partial charge in [0, 0.05) is 19.3 Å². The normalized spacial score (nSPS) is 11.0. The number of ether oxygens (including phenoxy) is 2. The van der Waals surface area contributed by atoms with E-state index in [9.17, 15) is 44.1 Å². The van der Waals surface area contributed by atoms with Gasteiger partial charge in [-0.25, -0.2) is 18.9 Å². The highest BCUT2D eigenvalue weighted by Gasteiger charge is 2.24. The van der Waals surface area contributed by atoms with Crippen molar-refractivity contribution in [2.24, 2.45) is 7.05 Å². The number of hydrogen-bond donors (Lipinski definition) is 0. The molecule has 0 atom stereocenters. The predicted molar refractivity (Wildman–Crippen MR) is 156 cm³/mol. The minimum Gasteiger partial charge on any atom is -0.443 e. The van der Waals surface area contributed by atoms with Gasteiger partial charge in [-0.3, -0.25) is 0 Å². The maximum atomic E-state index is 11.6. The first-order valence-corrected chi connectivity index (χ1v) is 13.3. The molecule has 44 heavy (non-hydrogen) atoms. The summed E-state index contributed by atoms with van der Waals surface area (Å²) in [6, 6.07) is 0. The standard InChI is InChI=1S/C10H17N2O2.C9H14N2O2.C3H9O.CH2Cl2.2BF4/c1-8-11(5)6-7-12(8)9(13)14-10(2,3)4;1-7-10-5-6-11(7)8(12)13-9(2,3)4;1-4(2)3;2-1-3;2*2-1(3,4)5/h6-7H,1-5H3;5-6H,1-4H3;1-3H3;1H2;;/q+1;;+1;;2*-1. The summed E-state index contributed by atoms with van der Waals surface area (Å²) in [5.41, 5.74) is -0.917. The number of aryl methyl sites for hydroxylation is 2. The zero-order valence-electron chi connectivity index (χ0n) is 26.8. The Balaban J connectivity index is -0.000000243. The summed E-state index contributed by atoms with van der Waals surface area (Å²) in [6.07, 6.45) is 5.95. The lowest BCUT2D eigenvalue weighted by molar-refractivity contribution is -0.676. The number of carbonyl (C=O) groups excluding carboxylic acids is 2. The molecule has 0 unspecified atom stereocenters. The van der Waals surface area contributed by atoms with E-state index in [0.29, 0.717) is 5.82 Å². The van der Waals surface area contributed by atoms with Gasteiger partial charge in [-0.15, -0.1) is 27.8 Å². The molecule has 0 N–H and O–H groups in total. The highest BCUT2D eigenvalue weighted by atomic mass is 35.5. The number of carbonyl (C=O) groups is 2. The van der Waals surface area contributed by atoms with Crippen LogP contribution in [0.5, 0.6) is 0 Å². The fraction of sp³-hybridized carbons (Fsp3) is 0.652. The smallest absolute Gasteiger partial charge is 0.443 e. The molecular formula is C23H42B2Cl2F8N4O5. The molecule has 0 saturated carbocycles. The van der Waals surface area contributed by atoms with Gasteiger partial charge in [0.15, 0.2) is 0 Å². The molecule has 2 aromatic heterocycles. The molecule has 0 amide bonds. The van der Waals surface area contributed by atoms with Crippen molar-refractivity contribution in [3.05, 3.63) is 36.4 Å². The van der Waals surface area contributed by atoms with E-state index in [-0.39, 0.29) is 17.5 Å². The van der Waals surface area contributed by atoms with Crippen molar-refractivity contribution >= 4 is 49.9 Å². The van der Waals surface area contributed by atoms with Crippen LogP contribution in [0.15, 0.2) is 24.8 Å². The number of aromatic nitrogens is 4. The average molecular weight is 699 g/mol. The summed E-state index contributed by atoms with van der Waals surface area (Å²) in [5.74, 6) is 1.48. The van der Waals surface area contributed by atoms with E-state index in [0.717, 1.165) is 5.82 Å². The van der Waals surface area contributed by atoms with Crippen molar-refractivity contribution in [1.82, 2.24) is 14.1 Å². The van der Waals surface area contributed by atoms with Gasteiger partial charge in [-0.05, 0) is 48.5 Å². The van der Waals surface area contributed by atoms with Crippen LogP contribution in [0.25, 0.3) is 0 Å². The molecule has 0 spiro atoms. The van der Waals surface area contributed by atoms with Crippen LogP contribution < -0.4 is 4.57 Å². The number of alkyl halides is 2. The molecule has 0 bridgehead atoms. The highest BCUT2D eigenvalue weighted by molar-refractivity contribution is 6.50. The third-order valence-electron chi connectivity index (χ3n) is 3.30. The third kappa shape index (κ3) is 39.5. The molecule has 0 radical (unpaired) electrons. The second kappa shape index (κ2) is 22.1. The number of halogens is 10. The van der Waals surface area contributed by atoms with Crippen LogP contribution in [0.4, 0.5) is 44.1 Å². The first kappa shape index (κ1) is 48.4. The summed E-state index contributed by atoms with van der Waals surface area (Å²) in [6.45, 7) is 14.7. The maximum absolute atomic E-state index is 11.6. The Morgan fingerprint density at radius 3 is 1.32 bits per heavy atom. The van der Waals surface area contributed by atoms with Gasteiger partial charge in [0.1, 0.15) is 50.7 Å². The van der Waals surface area contributed by atoms with E-state index in [1.165, 1.54) is 9.13 Å². The Kier molecular flexibility index (Phi) is 24.2. The molecular weight excluding hydrogens is 657 g/mol. The molecule has 0 fully saturated rings. The zero-order valence-corrected chi connectivity index (χ0v) is 28.3. The second-order valence-corrected chi connectivity index (χ2v) is 11.3. The molecule has 0 aliphatic carbocycles. The Hall–Kier alpha value is -2.53. The molecule has 0 aliphatic heterocycles. The first-order valence-electron chi connectivity index (χ1n) is 12.2. The third-order valence-corrected chi connectivity index (χ3v) is 3.30. The lowest BCUT2D eigenvalue weighted by atomic mass is 10.2. The van der Waals surface area contributed by atoms with Gasteiger partial charge in [0.2, 0.25) is 0 Å². The number of hydrogen-bond acceptors (Lipinski definition) is 5. The Morgan fingerprint density at radius 1 is 0.818 bits per heavy atom. The van der Waals surface area contributed by atoms with Crippen molar-refractivity contribution in [3.63, 3.8) is 0 Å². The average Bonchev–Trinajstić information content (AvgIpc) is 3.29. The van der Waals surface area contributed by atoms with Crippen LogP contribution in [-0.4, -0.2) is 78.7 Å². The summed E-state index contributed by atoms with van der Waals surface area (Å²) >= 11 is 9.53. The van der Waals surface area contributed by atoms with E-state index in [4.69, 9.17) is 32.7 Å². The fourth-order valence-corrected chi connectivity index (χ4v) is 1.94. The molecule has 260 valence electrons. The van der Waals surface area contributed by atoms with E-state index in [1.807, 2.05) is 87.6 Å². The minimum atomic E-state index is -6.00. The van der Waals surface area contributed by atoms with Crippen LogP contribution >= 0.6 is 23.2 Å². The number of rotatable bonds is 0. The van der Waals surface area contributed by atoms with E-state index >= 15 is 0 Å². The van der Waals surface area contributed by atoms with Gasteiger partial charge >= 0.3 is 26.7 Å². The minimum absolute atomic E-state index is 0.194. The topological polar surface area (TPSA) is 81.9 Å².